The van der Waals surface area contributed by atoms with Crippen molar-refractivity contribution in [2.45, 2.75) is 45.6 Å². The fourth-order valence-electron chi connectivity index (χ4n) is 2.11. The van der Waals surface area contributed by atoms with Crippen molar-refractivity contribution in [3.63, 3.8) is 0 Å². The zero-order valence-corrected chi connectivity index (χ0v) is 11.9. The summed E-state index contributed by atoms with van der Waals surface area (Å²) in [4.78, 5) is 4.08. The Morgan fingerprint density at radius 1 is 1.28 bits per heavy atom. The third-order valence-electron chi connectivity index (χ3n) is 3.27. The van der Waals surface area contributed by atoms with Gasteiger partial charge in [-0.05, 0) is 49.9 Å². The highest BCUT2D eigenvalue weighted by Crippen LogP contribution is 2.20. The van der Waals surface area contributed by atoms with E-state index in [1.807, 2.05) is 19.3 Å². The van der Waals surface area contributed by atoms with Gasteiger partial charge < -0.3 is 10.1 Å². The summed E-state index contributed by atoms with van der Waals surface area (Å²) in [6.45, 7) is 9.20. The van der Waals surface area contributed by atoms with Crippen LogP contribution in [0.2, 0.25) is 0 Å². The Bertz CT molecular complexity index is 303. The molecule has 102 valence electrons. The van der Waals surface area contributed by atoms with Crippen LogP contribution in [0, 0.1) is 0 Å². The Labute approximate surface area is 111 Å². The number of nitrogens with one attached hydrogen (secondary N) is 1. The van der Waals surface area contributed by atoms with Crippen molar-refractivity contribution >= 4 is 0 Å². The van der Waals surface area contributed by atoms with E-state index in [2.05, 4.69) is 36.3 Å². The van der Waals surface area contributed by atoms with Gasteiger partial charge in [0.2, 0.25) is 0 Å². The first-order valence-electron chi connectivity index (χ1n) is 7.00. The van der Waals surface area contributed by atoms with Crippen LogP contribution in [0.4, 0.5) is 0 Å². The molecule has 0 saturated carbocycles. The molecule has 3 heteroatoms. The van der Waals surface area contributed by atoms with E-state index >= 15 is 0 Å². The summed E-state index contributed by atoms with van der Waals surface area (Å²) in [5.41, 5.74) is 1.34. The molecule has 1 aromatic heterocycles. The second-order valence-corrected chi connectivity index (χ2v) is 4.62. The van der Waals surface area contributed by atoms with Crippen molar-refractivity contribution < 1.29 is 4.74 Å². The third-order valence-corrected chi connectivity index (χ3v) is 3.27. The lowest BCUT2D eigenvalue weighted by molar-refractivity contribution is 0.133. The molecule has 1 aromatic rings. The molecule has 18 heavy (non-hydrogen) atoms. The molecule has 0 spiro atoms. The van der Waals surface area contributed by atoms with Crippen molar-refractivity contribution in [2.24, 2.45) is 0 Å². The average Bonchev–Trinajstić information content (AvgIpc) is 2.43. The predicted molar refractivity (Wildman–Crippen MR) is 75.8 cm³/mol. The van der Waals surface area contributed by atoms with Crippen LogP contribution in [0.5, 0.6) is 0 Å². The van der Waals surface area contributed by atoms with Crippen LogP contribution in [-0.2, 0) is 4.74 Å². The maximum Gasteiger partial charge on any atom is 0.0480 e. The summed E-state index contributed by atoms with van der Waals surface area (Å²) in [6.07, 6.45) is 5.95. The number of rotatable bonds is 9. The third kappa shape index (κ3) is 5.15. The fraction of sp³-hybridized carbons (Fsp3) is 0.667. The zero-order chi connectivity index (χ0) is 13.2. The number of ether oxygens (including phenoxy) is 1. The van der Waals surface area contributed by atoms with E-state index in [9.17, 15) is 0 Å². The topological polar surface area (TPSA) is 34.1 Å². The Morgan fingerprint density at radius 2 is 2.00 bits per heavy atom. The van der Waals surface area contributed by atoms with Crippen molar-refractivity contribution in [2.75, 3.05) is 19.8 Å². The molecular weight excluding hydrogens is 224 g/mol. The van der Waals surface area contributed by atoms with E-state index < -0.39 is 0 Å². The molecule has 1 rings (SSSR count). The molecule has 0 aromatic carbocycles. The normalized spacial score (nSPS) is 14.4. The van der Waals surface area contributed by atoms with Crippen LogP contribution in [0.15, 0.2) is 24.5 Å². The van der Waals surface area contributed by atoms with E-state index in [1.165, 1.54) is 5.56 Å². The maximum absolute atomic E-state index is 5.48. The minimum absolute atomic E-state index is 0.471. The SMILES string of the molecule is CCCNC(CCOCC)C(C)c1ccncc1. The molecule has 0 aliphatic rings. The minimum atomic E-state index is 0.471. The van der Waals surface area contributed by atoms with Crippen LogP contribution in [0.3, 0.4) is 0 Å². The highest BCUT2D eigenvalue weighted by Gasteiger charge is 2.17. The standard InChI is InChI=1S/C15H26N2O/c1-4-9-17-15(8-12-18-5-2)13(3)14-6-10-16-11-7-14/h6-7,10-11,13,15,17H,4-5,8-9,12H2,1-3H3. The van der Waals surface area contributed by atoms with Crippen LogP contribution in [0.25, 0.3) is 0 Å². The van der Waals surface area contributed by atoms with Gasteiger partial charge in [0.15, 0.2) is 0 Å². The minimum Gasteiger partial charge on any atom is -0.382 e. The summed E-state index contributed by atoms with van der Waals surface area (Å²) in [5.74, 6) is 0.486. The molecule has 0 aliphatic heterocycles. The second kappa shape index (κ2) is 9.06. The van der Waals surface area contributed by atoms with Gasteiger partial charge in [0.1, 0.15) is 0 Å². The molecule has 1 N–H and O–H groups in total. The molecule has 0 radical (unpaired) electrons. The predicted octanol–water partition coefficient (Wildman–Crippen LogP) is 2.98. The number of nitrogens with zero attached hydrogens (tertiary/aromatic N) is 1. The molecule has 2 atom stereocenters. The van der Waals surface area contributed by atoms with Crippen LogP contribution in [-0.4, -0.2) is 30.8 Å². The van der Waals surface area contributed by atoms with Gasteiger partial charge >= 0.3 is 0 Å². The Morgan fingerprint density at radius 3 is 2.61 bits per heavy atom. The summed E-state index contributed by atoms with van der Waals surface area (Å²) in [6, 6.07) is 4.68. The largest absolute Gasteiger partial charge is 0.382 e. The summed E-state index contributed by atoms with van der Waals surface area (Å²) in [5, 5.41) is 3.63. The molecular formula is C15H26N2O. The second-order valence-electron chi connectivity index (χ2n) is 4.62. The Hall–Kier alpha value is -0.930. The number of pyridine rings is 1. The van der Waals surface area contributed by atoms with Gasteiger partial charge in [-0.15, -0.1) is 0 Å². The van der Waals surface area contributed by atoms with E-state index in [4.69, 9.17) is 4.74 Å². The van der Waals surface area contributed by atoms with E-state index in [1.54, 1.807) is 0 Å². The van der Waals surface area contributed by atoms with E-state index in [-0.39, 0.29) is 0 Å². The number of hydrogen-bond donors (Lipinski definition) is 1. The van der Waals surface area contributed by atoms with Gasteiger partial charge in [-0.3, -0.25) is 4.98 Å². The van der Waals surface area contributed by atoms with Crippen molar-refractivity contribution in [1.82, 2.24) is 10.3 Å². The maximum atomic E-state index is 5.48. The first-order valence-corrected chi connectivity index (χ1v) is 7.00. The number of hydrogen-bond acceptors (Lipinski definition) is 3. The molecule has 0 bridgehead atoms. The molecule has 2 unspecified atom stereocenters. The monoisotopic (exact) mass is 250 g/mol. The van der Waals surface area contributed by atoms with Crippen LogP contribution in [0.1, 0.15) is 45.1 Å². The number of aromatic nitrogens is 1. The molecule has 1 heterocycles. The van der Waals surface area contributed by atoms with Gasteiger partial charge in [0.05, 0.1) is 0 Å². The van der Waals surface area contributed by atoms with Gasteiger partial charge in [0.25, 0.3) is 0 Å². The highest BCUT2D eigenvalue weighted by molar-refractivity contribution is 5.17. The lowest BCUT2D eigenvalue weighted by Crippen LogP contribution is -2.35. The van der Waals surface area contributed by atoms with Gasteiger partial charge in [-0.2, -0.15) is 0 Å². The van der Waals surface area contributed by atoms with E-state index in [0.29, 0.717) is 12.0 Å². The van der Waals surface area contributed by atoms with Gasteiger partial charge in [-0.1, -0.05) is 13.8 Å². The summed E-state index contributed by atoms with van der Waals surface area (Å²) >= 11 is 0. The highest BCUT2D eigenvalue weighted by atomic mass is 16.5. The van der Waals surface area contributed by atoms with E-state index in [0.717, 1.165) is 32.6 Å². The lowest BCUT2D eigenvalue weighted by atomic mass is 9.92. The fourth-order valence-corrected chi connectivity index (χ4v) is 2.11. The summed E-state index contributed by atoms with van der Waals surface area (Å²) in [7, 11) is 0. The molecule has 0 amide bonds. The molecule has 0 saturated heterocycles. The zero-order valence-electron chi connectivity index (χ0n) is 11.9. The van der Waals surface area contributed by atoms with Crippen molar-refractivity contribution in [3.05, 3.63) is 30.1 Å². The molecule has 3 nitrogen and oxygen atoms in total. The van der Waals surface area contributed by atoms with Crippen molar-refractivity contribution in [3.8, 4) is 0 Å². The van der Waals surface area contributed by atoms with Gasteiger partial charge in [-0.25, -0.2) is 0 Å². The van der Waals surface area contributed by atoms with Crippen LogP contribution < -0.4 is 5.32 Å². The Kier molecular flexibility index (Phi) is 7.62. The lowest BCUT2D eigenvalue weighted by Gasteiger charge is -2.25. The average molecular weight is 250 g/mol. The van der Waals surface area contributed by atoms with Crippen molar-refractivity contribution in [1.29, 1.82) is 0 Å². The van der Waals surface area contributed by atoms with Crippen LogP contribution >= 0.6 is 0 Å². The quantitative estimate of drug-likeness (QED) is 0.684. The smallest absolute Gasteiger partial charge is 0.0480 e. The Balaban J connectivity index is 2.57. The summed E-state index contributed by atoms with van der Waals surface area (Å²) < 4.78 is 5.48. The first kappa shape index (κ1) is 15.1. The first-order chi connectivity index (χ1) is 8.79. The van der Waals surface area contributed by atoms with Gasteiger partial charge in [0, 0.05) is 31.6 Å². The molecule has 0 fully saturated rings. The molecule has 0 aliphatic carbocycles.